The third-order valence-corrected chi connectivity index (χ3v) is 7.65. The molecule has 1 saturated heterocycles. The molecule has 39 heavy (non-hydrogen) atoms. The number of benzene rings is 3. The van der Waals surface area contributed by atoms with Crippen LogP contribution in [0.3, 0.4) is 0 Å². The highest BCUT2D eigenvalue weighted by atomic mass is 35.5. The summed E-state index contributed by atoms with van der Waals surface area (Å²) in [6.45, 7) is 0.292. The largest absolute Gasteiger partial charge is 0.488 e. The highest BCUT2D eigenvalue weighted by molar-refractivity contribution is 6.34. The first-order valence-corrected chi connectivity index (χ1v) is 12.9. The van der Waals surface area contributed by atoms with E-state index < -0.39 is 23.0 Å². The van der Waals surface area contributed by atoms with Crippen molar-refractivity contribution in [3.63, 3.8) is 0 Å². The van der Waals surface area contributed by atoms with Gasteiger partial charge >= 0.3 is 5.76 Å². The Kier molecular flexibility index (Phi) is 6.62. The van der Waals surface area contributed by atoms with Crippen molar-refractivity contribution >= 4 is 11.6 Å². The van der Waals surface area contributed by atoms with Crippen molar-refractivity contribution in [1.29, 1.82) is 0 Å². The second-order valence-electron chi connectivity index (χ2n) is 9.50. The number of fused-ring (bicyclic) bond motifs is 1. The number of hydrogen-bond acceptors (Lipinski definition) is 7. The van der Waals surface area contributed by atoms with Gasteiger partial charge in [0.2, 0.25) is 5.89 Å². The fourth-order valence-electron chi connectivity index (χ4n) is 5.61. The van der Waals surface area contributed by atoms with E-state index in [4.69, 9.17) is 25.5 Å². The van der Waals surface area contributed by atoms with E-state index in [1.165, 1.54) is 18.2 Å². The molecule has 11 heteroatoms. The smallest absolute Gasteiger partial charge is 0.434 e. The number of ether oxygens (including phenoxy) is 2. The number of halogens is 3. The second kappa shape index (κ2) is 10.1. The Hall–Kier alpha value is -3.73. The fourth-order valence-corrected chi connectivity index (χ4v) is 5.88. The Bertz CT molecular complexity index is 1590. The third kappa shape index (κ3) is 4.28. The van der Waals surface area contributed by atoms with Gasteiger partial charge in [-0.3, -0.25) is 0 Å². The predicted octanol–water partition coefficient (Wildman–Crippen LogP) is 4.58. The zero-order chi connectivity index (χ0) is 27.1. The van der Waals surface area contributed by atoms with E-state index >= 15 is 8.78 Å². The molecule has 0 saturated carbocycles. The molecule has 0 amide bonds. The monoisotopic (exact) mass is 555 g/mol. The lowest BCUT2D eigenvalue weighted by atomic mass is 9.80. The summed E-state index contributed by atoms with van der Waals surface area (Å²) in [7, 11) is 0. The molecule has 4 aromatic rings. The standard InChI is InChI=1S/C28H24ClF2N3O5/c29-24-18(30)13-20-17(14-28(39-20,21-7-4-10-32-21)15-5-2-1-3-6-15)22(24)23-16(26-33-34-27(36)38-26)8-9-19(25(23)31)37-12-11-35/h1-3,5-6,8-9,13,21,32,35H,4,7,10-12,14H2,(H,34,36). The van der Waals surface area contributed by atoms with Crippen LogP contribution in [0.5, 0.6) is 11.5 Å². The zero-order valence-corrected chi connectivity index (χ0v) is 21.4. The molecule has 0 radical (unpaired) electrons. The van der Waals surface area contributed by atoms with Crippen LogP contribution in [0.1, 0.15) is 24.0 Å². The first kappa shape index (κ1) is 25.5. The van der Waals surface area contributed by atoms with E-state index in [1.807, 2.05) is 30.3 Å². The average Bonchev–Trinajstić information content (AvgIpc) is 3.70. The Balaban J connectivity index is 1.60. The van der Waals surface area contributed by atoms with Crippen LogP contribution in [0.4, 0.5) is 8.78 Å². The Morgan fingerprint density at radius 1 is 1.18 bits per heavy atom. The van der Waals surface area contributed by atoms with Crippen molar-refractivity contribution in [2.45, 2.75) is 30.9 Å². The quantitative estimate of drug-likeness (QED) is 0.306. The molecule has 2 unspecified atom stereocenters. The minimum atomic E-state index is -0.896. The zero-order valence-electron chi connectivity index (χ0n) is 20.6. The number of rotatable bonds is 7. The van der Waals surface area contributed by atoms with Crippen molar-refractivity contribution in [1.82, 2.24) is 15.5 Å². The maximum absolute atomic E-state index is 16.2. The lowest BCUT2D eigenvalue weighted by Crippen LogP contribution is -2.48. The lowest BCUT2D eigenvalue weighted by molar-refractivity contribution is 0.0539. The summed E-state index contributed by atoms with van der Waals surface area (Å²) >= 11 is 6.59. The Morgan fingerprint density at radius 2 is 2.00 bits per heavy atom. The van der Waals surface area contributed by atoms with E-state index in [0.29, 0.717) is 5.56 Å². The van der Waals surface area contributed by atoms with Gasteiger partial charge in [-0.15, -0.1) is 5.10 Å². The summed E-state index contributed by atoms with van der Waals surface area (Å²) in [6.07, 6.45) is 2.05. The molecule has 3 heterocycles. The molecular formula is C28H24ClF2N3O5. The highest BCUT2D eigenvalue weighted by Gasteiger charge is 2.50. The number of aromatic amines is 1. The van der Waals surface area contributed by atoms with Crippen LogP contribution >= 0.6 is 11.6 Å². The molecule has 3 aromatic carbocycles. The number of hydrogen-bond donors (Lipinski definition) is 3. The summed E-state index contributed by atoms with van der Waals surface area (Å²) in [4.78, 5) is 11.8. The fraction of sp³-hybridized carbons (Fsp3) is 0.286. The normalized spacial score (nSPS) is 20.2. The van der Waals surface area contributed by atoms with Crippen LogP contribution in [-0.4, -0.2) is 41.1 Å². The van der Waals surface area contributed by atoms with E-state index in [1.54, 1.807) is 0 Å². The average molecular weight is 556 g/mol. The molecule has 8 nitrogen and oxygen atoms in total. The lowest BCUT2D eigenvalue weighted by Gasteiger charge is -2.35. The van der Waals surface area contributed by atoms with E-state index in [9.17, 15) is 9.90 Å². The summed E-state index contributed by atoms with van der Waals surface area (Å²) in [5.74, 6) is -2.68. The summed E-state index contributed by atoms with van der Waals surface area (Å²) in [5.41, 5.74) is 0.446. The van der Waals surface area contributed by atoms with Gasteiger partial charge in [0.05, 0.1) is 17.7 Å². The first-order chi connectivity index (χ1) is 18.9. The molecule has 6 rings (SSSR count). The maximum atomic E-state index is 16.2. The molecule has 0 spiro atoms. The van der Waals surface area contributed by atoms with Gasteiger partial charge in [0.25, 0.3) is 0 Å². The van der Waals surface area contributed by atoms with Crippen molar-refractivity contribution < 1.29 is 27.8 Å². The van der Waals surface area contributed by atoms with Gasteiger partial charge < -0.3 is 24.3 Å². The van der Waals surface area contributed by atoms with Crippen LogP contribution in [0.2, 0.25) is 5.02 Å². The maximum Gasteiger partial charge on any atom is 0.434 e. The molecule has 3 N–H and O–H groups in total. The summed E-state index contributed by atoms with van der Waals surface area (Å²) < 4.78 is 48.8. The summed E-state index contributed by atoms with van der Waals surface area (Å²) in [6, 6.07) is 13.5. The molecule has 1 fully saturated rings. The number of nitrogens with one attached hydrogen (secondary N) is 2. The molecule has 2 atom stereocenters. The van der Waals surface area contributed by atoms with Gasteiger partial charge in [0, 0.05) is 34.7 Å². The second-order valence-corrected chi connectivity index (χ2v) is 9.88. The first-order valence-electron chi connectivity index (χ1n) is 12.5. The van der Waals surface area contributed by atoms with Crippen LogP contribution in [0.15, 0.2) is 57.7 Å². The predicted molar refractivity (Wildman–Crippen MR) is 139 cm³/mol. The number of aliphatic hydroxyl groups is 1. The van der Waals surface area contributed by atoms with Crippen LogP contribution in [-0.2, 0) is 12.0 Å². The van der Waals surface area contributed by atoms with Crippen molar-refractivity contribution in [2.24, 2.45) is 0 Å². The molecule has 2 aliphatic rings. The van der Waals surface area contributed by atoms with Gasteiger partial charge in [0.15, 0.2) is 17.2 Å². The Morgan fingerprint density at radius 3 is 2.69 bits per heavy atom. The van der Waals surface area contributed by atoms with E-state index in [0.717, 1.165) is 24.9 Å². The van der Waals surface area contributed by atoms with Crippen LogP contribution in [0, 0.1) is 11.6 Å². The number of nitrogens with zero attached hydrogens (tertiary/aromatic N) is 1. The van der Waals surface area contributed by atoms with E-state index in [2.05, 4.69) is 15.5 Å². The molecule has 2 aliphatic heterocycles. The third-order valence-electron chi connectivity index (χ3n) is 7.28. The molecule has 1 aromatic heterocycles. The van der Waals surface area contributed by atoms with Gasteiger partial charge in [-0.05, 0) is 37.1 Å². The summed E-state index contributed by atoms with van der Waals surface area (Å²) in [5, 5.41) is 18.4. The molecule has 202 valence electrons. The molecule has 0 aliphatic carbocycles. The van der Waals surface area contributed by atoms with Gasteiger partial charge in [-0.25, -0.2) is 18.7 Å². The minimum absolute atomic E-state index is 0.0510. The highest BCUT2D eigenvalue weighted by Crippen LogP contribution is 2.53. The van der Waals surface area contributed by atoms with Crippen LogP contribution < -0.4 is 20.5 Å². The minimum Gasteiger partial charge on any atom is -0.488 e. The molecule has 0 bridgehead atoms. The van der Waals surface area contributed by atoms with Gasteiger partial charge in [-0.2, -0.15) is 0 Å². The van der Waals surface area contributed by atoms with E-state index in [-0.39, 0.29) is 64.8 Å². The molecular weight excluding hydrogens is 532 g/mol. The van der Waals surface area contributed by atoms with Crippen LogP contribution in [0.25, 0.3) is 22.6 Å². The van der Waals surface area contributed by atoms with Crippen molar-refractivity contribution in [3.8, 4) is 34.1 Å². The van der Waals surface area contributed by atoms with Crippen molar-refractivity contribution in [2.75, 3.05) is 19.8 Å². The van der Waals surface area contributed by atoms with Gasteiger partial charge in [0.1, 0.15) is 18.2 Å². The van der Waals surface area contributed by atoms with Gasteiger partial charge in [-0.1, -0.05) is 41.9 Å². The SMILES string of the molecule is O=c1[nH]nc(-c2ccc(OCCO)c(F)c2-c2c(Cl)c(F)cc3c2CC(c2ccccc2)(C2CCCN2)O3)o1. The number of aromatic nitrogens is 2. The number of H-pyrrole nitrogens is 1. The topological polar surface area (TPSA) is 110 Å². The Labute approximate surface area is 226 Å². The number of aliphatic hydroxyl groups excluding tert-OH is 1. The van der Waals surface area contributed by atoms with Crippen molar-refractivity contribution in [3.05, 3.63) is 86.9 Å².